The highest BCUT2D eigenvalue weighted by Crippen LogP contribution is 2.41. The summed E-state index contributed by atoms with van der Waals surface area (Å²) in [6.07, 6.45) is 0. The highest BCUT2D eigenvalue weighted by molar-refractivity contribution is 9.10. The Bertz CT molecular complexity index is 654. The fraction of sp³-hybridized carbons (Fsp3) is 0.333. The largest absolute Gasteiger partial charge is 0.496 e. The van der Waals surface area contributed by atoms with E-state index in [4.69, 9.17) is 22.1 Å². The smallest absolute Gasteiger partial charge is 0.127 e. The van der Waals surface area contributed by atoms with Crippen LogP contribution < -0.4 is 10.5 Å². The summed E-state index contributed by atoms with van der Waals surface area (Å²) >= 11 is 11.5. The molecule has 1 atom stereocenters. The third-order valence-corrected chi connectivity index (χ3v) is 6.05. The lowest BCUT2D eigenvalue weighted by Gasteiger charge is -2.21. The first-order valence-electron chi connectivity index (χ1n) is 6.21. The summed E-state index contributed by atoms with van der Waals surface area (Å²) in [5, 5.41) is 2.78. The molecule has 1 heterocycles. The summed E-state index contributed by atoms with van der Waals surface area (Å²) in [5.41, 5.74) is 10.7. The van der Waals surface area contributed by atoms with Gasteiger partial charge in [-0.3, -0.25) is 0 Å². The number of methoxy groups -OCH3 is 1. The second kappa shape index (κ2) is 6.06. The van der Waals surface area contributed by atoms with Crippen LogP contribution in [0.5, 0.6) is 5.75 Å². The lowest BCUT2D eigenvalue weighted by molar-refractivity contribution is 0.404. The van der Waals surface area contributed by atoms with Crippen molar-refractivity contribution in [2.45, 2.75) is 26.8 Å². The number of benzene rings is 1. The van der Waals surface area contributed by atoms with Crippen molar-refractivity contribution in [2.24, 2.45) is 5.73 Å². The van der Waals surface area contributed by atoms with E-state index in [1.165, 1.54) is 0 Å². The molecule has 0 saturated carbocycles. The number of aryl methyl sites for hydroxylation is 2. The Morgan fingerprint density at radius 1 is 1.30 bits per heavy atom. The number of hydrogen-bond donors (Lipinski definition) is 1. The molecule has 0 saturated heterocycles. The lowest BCUT2D eigenvalue weighted by atomic mass is 9.96. The minimum Gasteiger partial charge on any atom is -0.496 e. The topological polar surface area (TPSA) is 35.2 Å². The van der Waals surface area contributed by atoms with Crippen molar-refractivity contribution in [3.63, 3.8) is 0 Å². The predicted molar refractivity (Wildman–Crippen MR) is 90.3 cm³/mol. The van der Waals surface area contributed by atoms with Crippen molar-refractivity contribution < 1.29 is 4.74 Å². The third-order valence-electron chi connectivity index (χ3n) is 3.43. The van der Waals surface area contributed by atoms with Crippen molar-refractivity contribution in [3.8, 4) is 5.75 Å². The van der Waals surface area contributed by atoms with Gasteiger partial charge in [-0.1, -0.05) is 27.5 Å². The summed E-state index contributed by atoms with van der Waals surface area (Å²) in [7, 11) is 1.67. The molecule has 2 nitrogen and oxygen atoms in total. The van der Waals surface area contributed by atoms with E-state index in [2.05, 4.69) is 15.9 Å². The number of hydrogen-bond acceptors (Lipinski definition) is 3. The molecule has 1 unspecified atom stereocenters. The van der Waals surface area contributed by atoms with Crippen LogP contribution in [0.15, 0.2) is 15.9 Å². The second-order valence-electron chi connectivity index (χ2n) is 4.82. The molecule has 0 amide bonds. The van der Waals surface area contributed by atoms with Gasteiger partial charge in [0.15, 0.2) is 0 Å². The first kappa shape index (κ1) is 15.8. The SMILES string of the molecule is COc1c(C)cc(Br)c(C)c1C(N)c1scc(C)c1Cl. The van der Waals surface area contributed by atoms with E-state index in [0.29, 0.717) is 0 Å². The van der Waals surface area contributed by atoms with Gasteiger partial charge in [-0.05, 0) is 48.9 Å². The molecule has 0 aliphatic carbocycles. The average molecular weight is 375 g/mol. The maximum absolute atomic E-state index is 6.47. The van der Waals surface area contributed by atoms with Crippen molar-refractivity contribution in [1.29, 1.82) is 0 Å². The molecule has 2 N–H and O–H groups in total. The van der Waals surface area contributed by atoms with Gasteiger partial charge in [-0.2, -0.15) is 0 Å². The molecule has 1 aromatic carbocycles. The molecule has 5 heteroatoms. The fourth-order valence-corrected chi connectivity index (χ4v) is 4.19. The molecule has 0 radical (unpaired) electrons. The van der Waals surface area contributed by atoms with Crippen LogP contribution in [0.1, 0.15) is 33.2 Å². The van der Waals surface area contributed by atoms with Gasteiger partial charge in [0, 0.05) is 14.9 Å². The van der Waals surface area contributed by atoms with E-state index in [1.54, 1.807) is 18.4 Å². The standard InChI is InChI=1S/C15H17BrClNOS/c1-7-5-10(16)9(3)11(14(7)19-4)13(18)15-12(17)8(2)6-20-15/h5-6,13H,18H2,1-4H3. The molecule has 108 valence electrons. The maximum atomic E-state index is 6.47. The van der Waals surface area contributed by atoms with Gasteiger partial charge in [0.25, 0.3) is 0 Å². The number of halogens is 2. The lowest BCUT2D eigenvalue weighted by Crippen LogP contribution is -2.15. The zero-order chi connectivity index (χ0) is 15.0. The molecule has 0 bridgehead atoms. The van der Waals surface area contributed by atoms with E-state index in [9.17, 15) is 0 Å². The highest BCUT2D eigenvalue weighted by atomic mass is 79.9. The Hall–Kier alpha value is -0.550. The van der Waals surface area contributed by atoms with Gasteiger partial charge in [0.05, 0.1) is 18.2 Å². The van der Waals surface area contributed by atoms with Crippen molar-refractivity contribution in [3.05, 3.63) is 48.1 Å². The zero-order valence-corrected chi connectivity index (χ0v) is 15.0. The van der Waals surface area contributed by atoms with Gasteiger partial charge in [-0.15, -0.1) is 11.3 Å². The molecule has 1 aromatic heterocycles. The van der Waals surface area contributed by atoms with Crippen LogP contribution in [-0.2, 0) is 0 Å². The Morgan fingerprint density at radius 2 is 1.95 bits per heavy atom. The van der Waals surface area contributed by atoms with Crippen LogP contribution in [0.25, 0.3) is 0 Å². The van der Waals surface area contributed by atoms with Crippen LogP contribution in [0.3, 0.4) is 0 Å². The normalized spacial score (nSPS) is 12.6. The minimum absolute atomic E-state index is 0.285. The summed E-state index contributed by atoms with van der Waals surface area (Å²) in [6.45, 7) is 6.04. The monoisotopic (exact) mass is 373 g/mol. The van der Waals surface area contributed by atoms with Gasteiger partial charge in [0.2, 0.25) is 0 Å². The predicted octanol–water partition coefficient (Wildman–Crippen LogP) is 5.15. The van der Waals surface area contributed by atoms with E-state index in [-0.39, 0.29) is 6.04 Å². The Labute approximate surface area is 137 Å². The minimum atomic E-state index is -0.285. The van der Waals surface area contributed by atoms with Crippen LogP contribution in [0.2, 0.25) is 5.02 Å². The van der Waals surface area contributed by atoms with Crippen molar-refractivity contribution in [1.82, 2.24) is 0 Å². The number of thiophene rings is 1. The number of ether oxygens (including phenoxy) is 1. The van der Waals surface area contributed by atoms with Crippen LogP contribution in [0.4, 0.5) is 0 Å². The zero-order valence-electron chi connectivity index (χ0n) is 11.9. The Kier molecular flexibility index (Phi) is 4.80. The summed E-state index contributed by atoms with van der Waals surface area (Å²) in [6, 6.07) is 1.76. The Morgan fingerprint density at radius 3 is 2.45 bits per heavy atom. The van der Waals surface area contributed by atoms with E-state index >= 15 is 0 Å². The summed E-state index contributed by atoms with van der Waals surface area (Å²) < 4.78 is 6.59. The second-order valence-corrected chi connectivity index (χ2v) is 6.97. The van der Waals surface area contributed by atoms with Gasteiger partial charge in [0.1, 0.15) is 5.75 Å². The summed E-state index contributed by atoms with van der Waals surface area (Å²) in [5.74, 6) is 0.834. The van der Waals surface area contributed by atoms with E-state index in [0.717, 1.165) is 42.4 Å². The van der Waals surface area contributed by atoms with Gasteiger partial charge >= 0.3 is 0 Å². The first-order valence-corrected chi connectivity index (χ1v) is 8.26. The highest BCUT2D eigenvalue weighted by Gasteiger charge is 2.23. The fourth-order valence-electron chi connectivity index (χ4n) is 2.31. The van der Waals surface area contributed by atoms with Crippen molar-refractivity contribution >= 4 is 38.9 Å². The maximum Gasteiger partial charge on any atom is 0.127 e. The van der Waals surface area contributed by atoms with Gasteiger partial charge in [-0.25, -0.2) is 0 Å². The molecular formula is C15H17BrClNOS. The third kappa shape index (κ3) is 2.62. The van der Waals surface area contributed by atoms with Crippen LogP contribution in [0, 0.1) is 20.8 Å². The molecule has 0 aliphatic heterocycles. The van der Waals surface area contributed by atoms with Crippen molar-refractivity contribution in [2.75, 3.05) is 7.11 Å². The molecule has 0 fully saturated rings. The molecule has 0 spiro atoms. The molecule has 20 heavy (non-hydrogen) atoms. The average Bonchev–Trinajstić information content (AvgIpc) is 2.73. The molecular weight excluding hydrogens is 358 g/mol. The number of nitrogens with two attached hydrogens (primary N) is 1. The molecule has 2 aromatic rings. The molecule has 0 aliphatic rings. The van der Waals surface area contributed by atoms with Gasteiger partial charge < -0.3 is 10.5 Å². The number of rotatable bonds is 3. The van der Waals surface area contributed by atoms with E-state index < -0.39 is 0 Å². The van der Waals surface area contributed by atoms with Crippen LogP contribution in [-0.4, -0.2) is 7.11 Å². The first-order chi connectivity index (χ1) is 9.38. The van der Waals surface area contributed by atoms with E-state index in [1.807, 2.05) is 32.2 Å². The Balaban J connectivity index is 2.65. The quantitative estimate of drug-likeness (QED) is 0.806. The van der Waals surface area contributed by atoms with Crippen LogP contribution >= 0.6 is 38.9 Å². The molecule has 2 rings (SSSR count). The summed E-state index contributed by atoms with van der Waals surface area (Å²) in [4.78, 5) is 0.975.